The third-order valence-electron chi connectivity index (χ3n) is 3.49. The van der Waals surface area contributed by atoms with Crippen molar-refractivity contribution in [2.75, 3.05) is 19.6 Å². The molecule has 1 fully saturated rings. The number of hydrogen-bond donors (Lipinski definition) is 3. The SMILES string of the molecule is Cl.Cl.OC1(CNCc2cccnc2-n2cncn2)CCNC1. The zero-order valence-electron chi connectivity index (χ0n) is 12.0. The van der Waals surface area contributed by atoms with Gasteiger partial charge in [0.2, 0.25) is 0 Å². The van der Waals surface area contributed by atoms with Gasteiger partial charge < -0.3 is 15.7 Å². The second-order valence-electron chi connectivity index (χ2n) is 5.08. The molecule has 3 heterocycles. The molecule has 0 aromatic carbocycles. The maximum absolute atomic E-state index is 10.3. The van der Waals surface area contributed by atoms with Gasteiger partial charge >= 0.3 is 0 Å². The highest BCUT2D eigenvalue weighted by molar-refractivity contribution is 5.85. The largest absolute Gasteiger partial charge is 0.387 e. The van der Waals surface area contributed by atoms with Gasteiger partial charge in [0, 0.05) is 31.4 Å². The van der Waals surface area contributed by atoms with Crippen LogP contribution in [0, 0.1) is 0 Å². The standard InChI is InChI=1S/C13H18N6O.2ClH/c20-13(3-5-14-7-13)8-15-6-11-2-1-4-17-12(11)19-10-16-9-18-19;;/h1-2,4,9-10,14-15,20H,3,5-8H2;2*1H. The number of pyridine rings is 1. The lowest BCUT2D eigenvalue weighted by molar-refractivity contribution is 0.0608. The molecular formula is C13H20Cl2N6O. The second kappa shape index (κ2) is 8.40. The summed E-state index contributed by atoms with van der Waals surface area (Å²) < 4.78 is 1.64. The molecule has 0 aliphatic carbocycles. The van der Waals surface area contributed by atoms with Gasteiger partial charge in [-0.2, -0.15) is 5.10 Å². The van der Waals surface area contributed by atoms with Crippen molar-refractivity contribution >= 4 is 24.8 Å². The van der Waals surface area contributed by atoms with Crippen LogP contribution in [0.25, 0.3) is 5.82 Å². The number of aromatic nitrogens is 4. The minimum atomic E-state index is -0.643. The predicted octanol–water partition coefficient (Wildman–Crippen LogP) is 0.320. The van der Waals surface area contributed by atoms with E-state index in [-0.39, 0.29) is 24.8 Å². The Kier molecular flexibility index (Phi) is 7.18. The minimum Gasteiger partial charge on any atom is -0.387 e. The van der Waals surface area contributed by atoms with E-state index in [1.165, 1.54) is 6.33 Å². The lowest BCUT2D eigenvalue weighted by Crippen LogP contribution is -2.42. The van der Waals surface area contributed by atoms with Gasteiger partial charge in [-0.05, 0) is 19.0 Å². The lowest BCUT2D eigenvalue weighted by atomic mass is 10.0. The van der Waals surface area contributed by atoms with Gasteiger partial charge in [-0.15, -0.1) is 24.8 Å². The average Bonchev–Trinajstić information content (AvgIpc) is 3.11. The van der Waals surface area contributed by atoms with Crippen molar-refractivity contribution in [3.05, 3.63) is 36.5 Å². The summed E-state index contributed by atoms with van der Waals surface area (Å²) in [6, 6.07) is 3.89. The number of aliphatic hydroxyl groups is 1. The summed E-state index contributed by atoms with van der Waals surface area (Å²) in [4.78, 5) is 8.27. The van der Waals surface area contributed by atoms with E-state index < -0.39 is 5.60 Å². The van der Waals surface area contributed by atoms with Gasteiger partial charge in [-0.3, -0.25) is 0 Å². The van der Waals surface area contributed by atoms with Crippen molar-refractivity contribution in [1.82, 2.24) is 30.4 Å². The maximum atomic E-state index is 10.3. The molecule has 1 unspecified atom stereocenters. The lowest BCUT2D eigenvalue weighted by Gasteiger charge is -2.21. The van der Waals surface area contributed by atoms with E-state index >= 15 is 0 Å². The summed E-state index contributed by atoms with van der Waals surface area (Å²) in [5.74, 6) is 0.758. The first-order valence-electron chi connectivity index (χ1n) is 6.70. The Balaban J connectivity index is 0.00000121. The van der Waals surface area contributed by atoms with E-state index in [0.717, 1.165) is 24.3 Å². The molecule has 1 aliphatic rings. The molecule has 9 heteroatoms. The Labute approximate surface area is 141 Å². The first kappa shape index (κ1) is 18.8. The fourth-order valence-electron chi connectivity index (χ4n) is 2.40. The molecule has 3 N–H and O–H groups in total. The van der Waals surface area contributed by atoms with E-state index in [2.05, 4.69) is 25.7 Å². The topological polar surface area (TPSA) is 87.9 Å². The molecule has 0 radical (unpaired) electrons. The van der Waals surface area contributed by atoms with Gasteiger partial charge in [0.25, 0.3) is 0 Å². The third kappa shape index (κ3) is 4.37. The Morgan fingerprint density at radius 1 is 1.41 bits per heavy atom. The van der Waals surface area contributed by atoms with Gasteiger partial charge in [0.15, 0.2) is 5.82 Å². The van der Waals surface area contributed by atoms with Crippen molar-refractivity contribution in [3.8, 4) is 5.82 Å². The normalized spacial score (nSPS) is 20.2. The van der Waals surface area contributed by atoms with Crippen LogP contribution in [0.5, 0.6) is 0 Å². The number of nitrogens with zero attached hydrogens (tertiary/aromatic N) is 4. The molecule has 1 aliphatic heterocycles. The average molecular weight is 347 g/mol. The molecule has 1 atom stereocenters. The molecule has 3 rings (SSSR count). The van der Waals surface area contributed by atoms with Crippen LogP contribution in [0.3, 0.4) is 0 Å². The Morgan fingerprint density at radius 3 is 2.95 bits per heavy atom. The van der Waals surface area contributed by atoms with Crippen molar-refractivity contribution in [2.45, 2.75) is 18.6 Å². The maximum Gasteiger partial charge on any atom is 0.159 e. The Morgan fingerprint density at radius 2 is 2.27 bits per heavy atom. The van der Waals surface area contributed by atoms with Crippen LogP contribution in [0.4, 0.5) is 0 Å². The van der Waals surface area contributed by atoms with Gasteiger partial charge in [-0.1, -0.05) is 6.07 Å². The van der Waals surface area contributed by atoms with E-state index in [1.54, 1.807) is 17.2 Å². The quantitative estimate of drug-likeness (QED) is 0.722. The van der Waals surface area contributed by atoms with E-state index in [0.29, 0.717) is 19.6 Å². The van der Waals surface area contributed by atoms with Crippen molar-refractivity contribution in [2.24, 2.45) is 0 Å². The predicted molar refractivity (Wildman–Crippen MR) is 87.8 cm³/mol. The van der Waals surface area contributed by atoms with Crippen LogP contribution in [-0.2, 0) is 6.54 Å². The van der Waals surface area contributed by atoms with Gasteiger partial charge in [-0.25, -0.2) is 14.6 Å². The number of rotatable bonds is 5. The summed E-state index contributed by atoms with van der Waals surface area (Å²) in [7, 11) is 0. The zero-order valence-corrected chi connectivity index (χ0v) is 13.6. The van der Waals surface area contributed by atoms with Crippen molar-refractivity contribution < 1.29 is 5.11 Å². The summed E-state index contributed by atoms with van der Waals surface area (Å²) in [5, 5.41) is 20.8. The highest BCUT2D eigenvalue weighted by atomic mass is 35.5. The van der Waals surface area contributed by atoms with Gasteiger partial charge in [0.1, 0.15) is 12.7 Å². The van der Waals surface area contributed by atoms with E-state index in [1.807, 2.05) is 12.1 Å². The number of nitrogens with one attached hydrogen (secondary N) is 2. The highest BCUT2D eigenvalue weighted by Crippen LogP contribution is 2.14. The van der Waals surface area contributed by atoms with Crippen molar-refractivity contribution in [3.63, 3.8) is 0 Å². The molecule has 122 valence electrons. The smallest absolute Gasteiger partial charge is 0.159 e. The zero-order chi connectivity index (χ0) is 13.8. The molecule has 0 amide bonds. The summed E-state index contributed by atoms with van der Waals surface area (Å²) in [6.45, 7) is 2.70. The molecule has 0 spiro atoms. The van der Waals surface area contributed by atoms with Gasteiger partial charge in [0.05, 0.1) is 5.60 Å². The van der Waals surface area contributed by atoms with Crippen LogP contribution >= 0.6 is 24.8 Å². The second-order valence-corrected chi connectivity index (χ2v) is 5.08. The summed E-state index contributed by atoms with van der Waals surface area (Å²) in [6.07, 6.45) is 5.62. The fourth-order valence-corrected chi connectivity index (χ4v) is 2.40. The highest BCUT2D eigenvalue weighted by Gasteiger charge is 2.30. The fraction of sp³-hybridized carbons (Fsp3) is 0.462. The molecule has 0 saturated carbocycles. The van der Waals surface area contributed by atoms with Crippen LogP contribution < -0.4 is 10.6 Å². The first-order chi connectivity index (χ1) is 9.77. The third-order valence-corrected chi connectivity index (χ3v) is 3.49. The van der Waals surface area contributed by atoms with Crippen LogP contribution in [0.15, 0.2) is 31.0 Å². The minimum absolute atomic E-state index is 0. The number of hydrogen-bond acceptors (Lipinski definition) is 6. The molecule has 2 aromatic heterocycles. The molecule has 2 aromatic rings. The van der Waals surface area contributed by atoms with Crippen LogP contribution in [-0.4, -0.2) is 50.1 Å². The molecule has 22 heavy (non-hydrogen) atoms. The Hall–Kier alpha value is -1.25. The summed E-state index contributed by atoms with van der Waals surface area (Å²) in [5.41, 5.74) is 0.378. The van der Waals surface area contributed by atoms with E-state index in [9.17, 15) is 5.11 Å². The van der Waals surface area contributed by atoms with Crippen molar-refractivity contribution in [1.29, 1.82) is 0 Å². The molecular weight excluding hydrogens is 327 g/mol. The molecule has 0 bridgehead atoms. The summed E-state index contributed by atoms with van der Waals surface area (Å²) >= 11 is 0. The van der Waals surface area contributed by atoms with Crippen LogP contribution in [0.2, 0.25) is 0 Å². The first-order valence-corrected chi connectivity index (χ1v) is 6.70. The number of β-amino-alcohol motifs (C(OH)–C–C–N with tert-alkyl or cyclic N) is 1. The molecule has 1 saturated heterocycles. The molecule has 7 nitrogen and oxygen atoms in total. The van der Waals surface area contributed by atoms with E-state index in [4.69, 9.17) is 0 Å². The number of halogens is 2. The van der Waals surface area contributed by atoms with Crippen LogP contribution in [0.1, 0.15) is 12.0 Å². The monoisotopic (exact) mass is 346 g/mol. The Bertz CT molecular complexity index is 559.